The first-order valence-electron chi connectivity index (χ1n) is 10.8. The number of hydrogen-bond acceptors (Lipinski definition) is 7. The quantitative estimate of drug-likeness (QED) is 0.614. The van der Waals surface area contributed by atoms with Gasteiger partial charge in [0.25, 0.3) is 0 Å². The average Bonchev–Trinajstić information content (AvgIpc) is 3.38. The molecule has 0 saturated carbocycles. The molecule has 2 aliphatic rings. The van der Waals surface area contributed by atoms with Crippen LogP contribution in [0.3, 0.4) is 0 Å². The van der Waals surface area contributed by atoms with Gasteiger partial charge in [0.15, 0.2) is 11.5 Å². The van der Waals surface area contributed by atoms with Crippen molar-refractivity contribution in [1.82, 2.24) is 9.80 Å². The molecular formula is C24H30N2O5S. The molecule has 0 bridgehead atoms. The highest BCUT2D eigenvalue weighted by molar-refractivity contribution is 8.00. The summed E-state index contributed by atoms with van der Waals surface area (Å²) in [6.07, 6.45) is 0.888. The van der Waals surface area contributed by atoms with E-state index in [2.05, 4.69) is 11.9 Å². The number of aryl methyl sites for hydroxylation is 2. The summed E-state index contributed by atoms with van der Waals surface area (Å²) in [4.78, 5) is 16.7. The molecule has 1 fully saturated rings. The number of carbonyl (C=O) groups is 1. The second-order valence-electron chi connectivity index (χ2n) is 8.27. The van der Waals surface area contributed by atoms with Gasteiger partial charge in [-0.25, -0.2) is 0 Å². The molecule has 2 aromatic rings. The Hall–Kier alpha value is -2.58. The fourth-order valence-electron chi connectivity index (χ4n) is 4.01. The van der Waals surface area contributed by atoms with E-state index in [9.17, 15) is 9.90 Å². The molecule has 0 unspecified atom stereocenters. The number of thioether (sulfide) groups is 1. The zero-order valence-electron chi connectivity index (χ0n) is 18.8. The predicted molar refractivity (Wildman–Crippen MR) is 125 cm³/mol. The molecule has 2 heterocycles. The molecule has 7 nitrogen and oxygen atoms in total. The number of nitrogens with zero attached hydrogens (tertiary/aromatic N) is 2. The minimum absolute atomic E-state index is 0.0140. The Morgan fingerprint density at radius 3 is 2.69 bits per heavy atom. The number of likely N-dealkylation sites (N-methyl/N-ethyl adjacent to an activating group) is 1. The summed E-state index contributed by atoms with van der Waals surface area (Å²) in [7, 11) is 2.06. The Labute approximate surface area is 193 Å². The molecule has 32 heavy (non-hydrogen) atoms. The second kappa shape index (κ2) is 9.92. The summed E-state index contributed by atoms with van der Waals surface area (Å²) in [5.74, 6) is 3.25. The van der Waals surface area contributed by atoms with Gasteiger partial charge in [0.05, 0.1) is 5.75 Å². The van der Waals surface area contributed by atoms with Gasteiger partial charge >= 0.3 is 0 Å². The molecule has 172 valence electrons. The van der Waals surface area contributed by atoms with Gasteiger partial charge < -0.3 is 29.1 Å². The van der Waals surface area contributed by atoms with Crippen molar-refractivity contribution in [2.45, 2.75) is 25.6 Å². The number of carbonyl (C=O) groups excluding carboxylic acids is 1. The Kier molecular flexibility index (Phi) is 7.01. The van der Waals surface area contributed by atoms with Crippen LogP contribution in [0.25, 0.3) is 0 Å². The van der Waals surface area contributed by atoms with Crippen LogP contribution in [0.1, 0.15) is 28.5 Å². The Morgan fingerprint density at radius 2 is 1.91 bits per heavy atom. The monoisotopic (exact) mass is 458 g/mol. The number of hydrogen-bond donors (Lipinski definition) is 1. The van der Waals surface area contributed by atoms with E-state index >= 15 is 0 Å². The topological polar surface area (TPSA) is 71.5 Å². The molecule has 0 radical (unpaired) electrons. The van der Waals surface area contributed by atoms with Crippen LogP contribution in [0.4, 0.5) is 0 Å². The smallest absolute Gasteiger partial charge is 0.233 e. The van der Waals surface area contributed by atoms with E-state index in [0.29, 0.717) is 24.7 Å². The summed E-state index contributed by atoms with van der Waals surface area (Å²) in [5, 5.41) is 10.1. The van der Waals surface area contributed by atoms with Crippen molar-refractivity contribution in [3.63, 3.8) is 0 Å². The first kappa shape index (κ1) is 22.6. The maximum Gasteiger partial charge on any atom is 0.233 e. The SMILES string of the molecule is Cc1cc([C@@H]2SCC(=O)N2CCCN(C)CCOc2ccc3c(c2)OCO3)cc(C)c1O. The molecule has 0 aliphatic carbocycles. The number of amides is 1. The van der Waals surface area contributed by atoms with Crippen molar-refractivity contribution in [3.05, 3.63) is 47.0 Å². The number of ether oxygens (including phenoxy) is 3. The maximum absolute atomic E-state index is 12.5. The lowest BCUT2D eigenvalue weighted by Crippen LogP contribution is -2.32. The standard InChI is InChI=1S/C24H30N2O5S/c1-16-11-18(12-17(2)23(16)28)24-26(22(27)14-32-24)8-4-7-25(3)9-10-29-19-5-6-20-21(13-19)31-15-30-20/h5-6,11-13,24,28H,4,7-10,14-15H2,1-3H3/t24-/m0/s1. The van der Waals surface area contributed by atoms with Crippen LogP contribution in [0.5, 0.6) is 23.0 Å². The first-order valence-corrected chi connectivity index (χ1v) is 11.9. The van der Waals surface area contributed by atoms with Crippen molar-refractivity contribution >= 4 is 17.7 Å². The van der Waals surface area contributed by atoms with E-state index in [1.54, 1.807) is 11.8 Å². The van der Waals surface area contributed by atoms with Crippen LogP contribution in [0, 0.1) is 13.8 Å². The van der Waals surface area contributed by atoms with Crippen LogP contribution in [-0.4, -0.2) is 66.6 Å². The summed E-state index contributed by atoms with van der Waals surface area (Å²) in [6.45, 7) is 7.01. The summed E-state index contributed by atoms with van der Waals surface area (Å²) < 4.78 is 16.5. The molecule has 0 aromatic heterocycles. The Bertz CT molecular complexity index is 960. The molecule has 0 spiro atoms. The Morgan fingerprint density at radius 1 is 1.16 bits per heavy atom. The van der Waals surface area contributed by atoms with Crippen LogP contribution in [-0.2, 0) is 4.79 Å². The molecule has 2 aromatic carbocycles. The number of phenols is 1. The molecule has 2 aliphatic heterocycles. The lowest BCUT2D eigenvalue weighted by molar-refractivity contribution is -0.128. The fourth-order valence-corrected chi connectivity index (χ4v) is 5.21. The summed E-state index contributed by atoms with van der Waals surface area (Å²) in [5.41, 5.74) is 2.78. The minimum Gasteiger partial charge on any atom is -0.507 e. The van der Waals surface area contributed by atoms with E-state index < -0.39 is 0 Å². The largest absolute Gasteiger partial charge is 0.507 e. The molecule has 1 atom stereocenters. The number of benzene rings is 2. The zero-order chi connectivity index (χ0) is 22.7. The van der Waals surface area contributed by atoms with E-state index in [4.69, 9.17) is 14.2 Å². The van der Waals surface area contributed by atoms with Crippen molar-refractivity contribution in [2.24, 2.45) is 0 Å². The van der Waals surface area contributed by atoms with Gasteiger partial charge in [-0.05, 0) is 74.8 Å². The van der Waals surface area contributed by atoms with E-state index in [-0.39, 0.29) is 18.1 Å². The van der Waals surface area contributed by atoms with Crippen molar-refractivity contribution in [3.8, 4) is 23.0 Å². The van der Waals surface area contributed by atoms with Crippen molar-refractivity contribution in [2.75, 3.05) is 45.8 Å². The van der Waals surface area contributed by atoms with Gasteiger partial charge in [-0.2, -0.15) is 0 Å². The summed E-state index contributed by atoms with van der Waals surface area (Å²) >= 11 is 1.66. The summed E-state index contributed by atoms with van der Waals surface area (Å²) in [6, 6.07) is 9.58. The highest BCUT2D eigenvalue weighted by atomic mass is 32.2. The normalized spacial score (nSPS) is 17.4. The molecule has 1 N–H and O–H groups in total. The van der Waals surface area contributed by atoms with Gasteiger partial charge in [-0.3, -0.25) is 4.79 Å². The van der Waals surface area contributed by atoms with E-state index in [1.807, 2.05) is 49.1 Å². The zero-order valence-corrected chi connectivity index (χ0v) is 19.6. The first-order chi connectivity index (χ1) is 15.4. The van der Waals surface area contributed by atoms with Crippen LogP contribution in [0.15, 0.2) is 30.3 Å². The number of fused-ring (bicyclic) bond motifs is 1. The van der Waals surface area contributed by atoms with Gasteiger partial charge in [-0.1, -0.05) is 0 Å². The molecular weight excluding hydrogens is 428 g/mol. The third-order valence-corrected chi connectivity index (χ3v) is 7.05. The highest BCUT2D eigenvalue weighted by Crippen LogP contribution is 2.40. The molecule has 1 saturated heterocycles. The lowest BCUT2D eigenvalue weighted by Gasteiger charge is -2.26. The third-order valence-electron chi connectivity index (χ3n) is 5.79. The van der Waals surface area contributed by atoms with E-state index in [0.717, 1.165) is 53.4 Å². The predicted octanol–water partition coefficient (Wildman–Crippen LogP) is 3.71. The van der Waals surface area contributed by atoms with Gasteiger partial charge in [-0.15, -0.1) is 11.8 Å². The Balaban J connectivity index is 1.23. The van der Waals surface area contributed by atoms with Crippen molar-refractivity contribution < 1.29 is 24.1 Å². The third kappa shape index (κ3) is 5.07. The van der Waals surface area contributed by atoms with Gasteiger partial charge in [0.1, 0.15) is 23.5 Å². The minimum atomic E-state index is 0.0140. The van der Waals surface area contributed by atoms with Gasteiger partial charge in [0, 0.05) is 19.2 Å². The highest BCUT2D eigenvalue weighted by Gasteiger charge is 2.32. The molecule has 1 amide bonds. The van der Waals surface area contributed by atoms with Gasteiger partial charge in [0.2, 0.25) is 12.7 Å². The molecule has 8 heteroatoms. The average molecular weight is 459 g/mol. The van der Waals surface area contributed by atoms with Crippen molar-refractivity contribution in [1.29, 1.82) is 0 Å². The van der Waals surface area contributed by atoms with Crippen LogP contribution in [0.2, 0.25) is 0 Å². The number of rotatable bonds is 9. The number of phenolic OH excluding ortho intramolecular Hbond substituents is 1. The maximum atomic E-state index is 12.5. The van der Waals surface area contributed by atoms with E-state index in [1.165, 1.54) is 0 Å². The van der Waals surface area contributed by atoms with Crippen LogP contribution >= 0.6 is 11.8 Å². The van der Waals surface area contributed by atoms with Crippen LogP contribution < -0.4 is 14.2 Å². The lowest BCUT2D eigenvalue weighted by atomic mass is 10.0. The number of aromatic hydroxyl groups is 1. The molecule has 4 rings (SSSR count). The fraction of sp³-hybridized carbons (Fsp3) is 0.458. The second-order valence-corrected chi connectivity index (χ2v) is 9.34.